The zero-order valence-corrected chi connectivity index (χ0v) is 16.7. The Kier molecular flexibility index (Phi) is 5.65. The summed E-state index contributed by atoms with van der Waals surface area (Å²) in [7, 11) is 0. The first-order valence-electron chi connectivity index (χ1n) is 9.09. The van der Waals surface area contributed by atoms with Gasteiger partial charge in [-0.25, -0.2) is 9.78 Å². The summed E-state index contributed by atoms with van der Waals surface area (Å²) in [6.07, 6.45) is 2.96. The van der Waals surface area contributed by atoms with E-state index in [-0.39, 0.29) is 11.5 Å². The van der Waals surface area contributed by atoms with Crippen molar-refractivity contribution in [2.24, 2.45) is 0 Å². The van der Waals surface area contributed by atoms with Gasteiger partial charge in [0.1, 0.15) is 0 Å². The van der Waals surface area contributed by atoms with E-state index in [0.29, 0.717) is 22.1 Å². The molecule has 3 aromatic rings. The summed E-state index contributed by atoms with van der Waals surface area (Å²) in [4.78, 5) is 24.3. The van der Waals surface area contributed by atoms with Gasteiger partial charge in [-0.1, -0.05) is 37.6 Å². The molecule has 0 saturated carbocycles. The van der Waals surface area contributed by atoms with Gasteiger partial charge in [0.2, 0.25) is 0 Å². The largest absolute Gasteiger partial charge is 0.342 e. The summed E-state index contributed by atoms with van der Waals surface area (Å²) in [5.74, 6) is 0.220. The molecular formula is C20H22ClN5O2. The van der Waals surface area contributed by atoms with Crippen molar-refractivity contribution in [1.29, 1.82) is 0 Å². The molecule has 0 spiro atoms. The molecule has 0 saturated heterocycles. The van der Waals surface area contributed by atoms with Crippen LogP contribution < -0.4 is 10.9 Å². The van der Waals surface area contributed by atoms with Crippen LogP contribution >= 0.6 is 11.6 Å². The second-order valence-electron chi connectivity index (χ2n) is 6.59. The summed E-state index contributed by atoms with van der Waals surface area (Å²) in [5, 5.41) is 14.4. The number of hydrogen-bond donors (Lipinski definition) is 2. The van der Waals surface area contributed by atoms with Crippen molar-refractivity contribution in [2.75, 3.05) is 0 Å². The molecule has 0 unspecified atom stereocenters. The number of carbonyl (C=O) groups is 1. The quantitative estimate of drug-likeness (QED) is 0.664. The van der Waals surface area contributed by atoms with E-state index in [1.807, 2.05) is 38.1 Å². The first kappa shape index (κ1) is 19.8. The fraction of sp³-hybridized carbons (Fsp3) is 0.300. The maximum atomic E-state index is 13.1. The van der Waals surface area contributed by atoms with Crippen LogP contribution in [0.15, 0.2) is 47.4 Å². The Labute approximate surface area is 167 Å². The minimum Gasteiger partial charge on any atom is -0.342 e. The molecule has 7 nitrogen and oxygen atoms in total. The van der Waals surface area contributed by atoms with Crippen molar-refractivity contribution < 1.29 is 4.79 Å². The number of aromatic amines is 1. The number of hydrogen-bond acceptors (Lipinski definition) is 4. The molecule has 0 radical (unpaired) electrons. The van der Waals surface area contributed by atoms with Gasteiger partial charge in [-0.15, -0.1) is 0 Å². The molecule has 28 heavy (non-hydrogen) atoms. The van der Waals surface area contributed by atoms with E-state index in [0.717, 1.165) is 18.4 Å². The van der Waals surface area contributed by atoms with Crippen LogP contribution in [0.5, 0.6) is 0 Å². The van der Waals surface area contributed by atoms with Gasteiger partial charge in [-0.05, 0) is 43.5 Å². The van der Waals surface area contributed by atoms with Gasteiger partial charge in [0.25, 0.3) is 11.5 Å². The number of nitrogens with one attached hydrogen (secondary N) is 2. The summed E-state index contributed by atoms with van der Waals surface area (Å²) < 4.78 is 1.52. The van der Waals surface area contributed by atoms with E-state index >= 15 is 0 Å². The zero-order valence-electron chi connectivity index (χ0n) is 16.0. The molecule has 1 aromatic carbocycles. The van der Waals surface area contributed by atoms with Crippen molar-refractivity contribution in [1.82, 2.24) is 25.3 Å². The molecule has 0 atom stereocenters. The van der Waals surface area contributed by atoms with Gasteiger partial charge in [0.05, 0.1) is 23.0 Å². The Morgan fingerprint density at radius 3 is 2.43 bits per heavy atom. The number of aromatic nitrogens is 4. The Morgan fingerprint density at radius 1 is 1.18 bits per heavy atom. The summed E-state index contributed by atoms with van der Waals surface area (Å²) in [5.41, 5.74) is 1.28. The Morgan fingerprint density at radius 2 is 1.86 bits per heavy atom. The van der Waals surface area contributed by atoms with Crippen molar-refractivity contribution >= 4 is 17.5 Å². The van der Waals surface area contributed by atoms with Crippen LogP contribution in [0.4, 0.5) is 0 Å². The van der Waals surface area contributed by atoms with Crippen LogP contribution in [0.1, 0.15) is 48.3 Å². The predicted molar refractivity (Wildman–Crippen MR) is 108 cm³/mol. The van der Waals surface area contributed by atoms with E-state index < -0.39 is 5.54 Å². The molecule has 0 aliphatic carbocycles. The molecule has 0 aliphatic heterocycles. The third-order valence-corrected chi connectivity index (χ3v) is 5.34. The number of halogens is 1. The van der Waals surface area contributed by atoms with E-state index in [2.05, 4.69) is 20.6 Å². The Hall–Kier alpha value is -2.93. The lowest BCUT2D eigenvalue weighted by atomic mass is 9.84. The Bertz CT molecular complexity index is 1010. The Balaban J connectivity index is 1.92. The number of benzene rings is 1. The second-order valence-corrected chi connectivity index (χ2v) is 7.02. The molecule has 146 valence electrons. The predicted octanol–water partition coefficient (Wildman–Crippen LogP) is 3.36. The van der Waals surface area contributed by atoms with Crippen molar-refractivity contribution in [3.63, 3.8) is 0 Å². The molecule has 8 heteroatoms. The SMILES string of the molecule is CCC(CC)(NC(=O)c1cnn(-c2ccc(=O)[nH]n2)c1C)c1ccc(Cl)cc1. The van der Waals surface area contributed by atoms with Crippen LogP contribution in [0.3, 0.4) is 0 Å². The molecule has 0 fully saturated rings. The van der Waals surface area contributed by atoms with Crippen LogP contribution in [0.2, 0.25) is 5.02 Å². The summed E-state index contributed by atoms with van der Waals surface area (Å²) in [6.45, 7) is 5.87. The summed E-state index contributed by atoms with van der Waals surface area (Å²) >= 11 is 6.01. The maximum absolute atomic E-state index is 13.1. The first-order chi connectivity index (χ1) is 13.4. The van der Waals surface area contributed by atoms with Gasteiger partial charge >= 0.3 is 0 Å². The monoisotopic (exact) mass is 399 g/mol. The smallest absolute Gasteiger partial charge is 0.264 e. The topological polar surface area (TPSA) is 92.7 Å². The summed E-state index contributed by atoms with van der Waals surface area (Å²) in [6, 6.07) is 10.5. The van der Waals surface area contributed by atoms with Crippen LogP contribution in [-0.4, -0.2) is 25.9 Å². The molecule has 0 aliphatic rings. The highest BCUT2D eigenvalue weighted by molar-refractivity contribution is 6.30. The number of rotatable bonds is 6. The third kappa shape index (κ3) is 3.71. The number of amides is 1. The van der Waals surface area contributed by atoms with Crippen LogP contribution in [0.25, 0.3) is 5.82 Å². The van der Waals surface area contributed by atoms with Gasteiger partial charge in [-0.2, -0.15) is 10.2 Å². The maximum Gasteiger partial charge on any atom is 0.264 e. The highest BCUT2D eigenvalue weighted by Gasteiger charge is 2.31. The number of carbonyl (C=O) groups excluding carboxylic acids is 1. The fourth-order valence-electron chi connectivity index (χ4n) is 3.28. The molecule has 0 bridgehead atoms. The lowest BCUT2D eigenvalue weighted by Gasteiger charge is -2.33. The van der Waals surface area contributed by atoms with Crippen molar-refractivity contribution in [2.45, 2.75) is 39.2 Å². The highest BCUT2D eigenvalue weighted by Crippen LogP contribution is 2.30. The lowest BCUT2D eigenvalue weighted by Crippen LogP contribution is -2.45. The standard InChI is InChI=1S/C20H22ClN5O2/c1-4-20(5-2,14-6-8-15(21)9-7-14)23-19(28)16-12-22-26(13(16)3)17-10-11-18(27)25-24-17/h6-12H,4-5H2,1-3H3,(H,23,28)(H,25,27). The van der Waals surface area contributed by atoms with E-state index in [1.165, 1.54) is 16.9 Å². The third-order valence-electron chi connectivity index (χ3n) is 5.09. The normalized spacial score (nSPS) is 11.4. The molecule has 2 aromatic heterocycles. The first-order valence-corrected chi connectivity index (χ1v) is 9.47. The van der Waals surface area contributed by atoms with Gasteiger partial charge in [0.15, 0.2) is 5.82 Å². The molecule has 3 rings (SSSR count). The minimum atomic E-state index is -0.507. The van der Waals surface area contributed by atoms with E-state index in [1.54, 1.807) is 13.0 Å². The molecular weight excluding hydrogens is 378 g/mol. The molecule has 1 amide bonds. The van der Waals surface area contributed by atoms with Crippen LogP contribution in [-0.2, 0) is 5.54 Å². The number of nitrogens with zero attached hydrogens (tertiary/aromatic N) is 3. The van der Waals surface area contributed by atoms with Gasteiger partial charge in [-0.3, -0.25) is 9.59 Å². The second kappa shape index (κ2) is 7.98. The van der Waals surface area contributed by atoms with Gasteiger partial charge in [0, 0.05) is 11.1 Å². The average molecular weight is 400 g/mol. The average Bonchev–Trinajstić information content (AvgIpc) is 3.09. The molecule has 2 N–H and O–H groups in total. The zero-order chi connectivity index (χ0) is 20.3. The van der Waals surface area contributed by atoms with Gasteiger partial charge < -0.3 is 5.32 Å². The van der Waals surface area contributed by atoms with Crippen molar-refractivity contribution in [3.8, 4) is 5.82 Å². The van der Waals surface area contributed by atoms with Crippen molar-refractivity contribution in [3.05, 3.63) is 74.8 Å². The molecule has 2 heterocycles. The minimum absolute atomic E-state index is 0.216. The highest BCUT2D eigenvalue weighted by atomic mass is 35.5. The lowest BCUT2D eigenvalue weighted by molar-refractivity contribution is 0.0889. The fourth-order valence-corrected chi connectivity index (χ4v) is 3.41. The van der Waals surface area contributed by atoms with E-state index in [9.17, 15) is 9.59 Å². The van der Waals surface area contributed by atoms with E-state index in [4.69, 9.17) is 11.6 Å². The number of H-pyrrole nitrogens is 1. The van der Waals surface area contributed by atoms with Crippen LogP contribution in [0, 0.1) is 6.92 Å².